The summed E-state index contributed by atoms with van der Waals surface area (Å²) in [4.78, 5) is 12.1. The topological polar surface area (TPSA) is 64.6 Å². The number of carbonyl (C=O) groups excluding carboxylic acids is 1. The lowest BCUT2D eigenvalue weighted by Gasteiger charge is -2.07. The van der Waals surface area contributed by atoms with Gasteiger partial charge in [0, 0.05) is 12.1 Å². The zero-order valence-corrected chi connectivity index (χ0v) is 10.7. The van der Waals surface area contributed by atoms with Crippen molar-refractivity contribution in [1.29, 1.82) is 0 Å². The van der Waals surface area contributed by atoms with Crippen LogP contribution in [-0.4, -0.2) is 15.6 Å². The highest BCUT2D eigenvalue weighted by molar-refractivity contribution is 5.93. The van der Waals surface area contributed by atoms with Gasteiger partial charge in [-0.1, -0.05) is 30.3 Å². The van der Waals surface area contributed by atoms with E-state index in [2.05, 4.69) is 0 Å². The normalized spacial score (nSPS) is 10.8. The van der Waals surface area contributed by atoms with Crippen LogP contribution >= 0.6 is 0 Å². The molecule has 0 bridgehead atoms. The first-order chi connectivity index (χ1) is 9.79. The molecule has 5 heteroatoms. The Bertz CT molecular complexity index is 727. The molecule has 2 aromatic heterocycles. The number of hydrogen-bond acceptors (Lipinski definition) is 4. The predicted molar refractivity (Wildman–Crippen MR) is 72.0 cm³/mol. The number of carbonyl (C=O) groups is 1. The van der Waals surface area contributed by atoms with Gasteiger partial charge in [-0.2, -0.15) is 0 Å². The van der Waals surface area contributed by atoms with E-state index in [1.54, 1.807) is 12.1 Å². The van der Waals surface area contributed by atoms with Gasteiger partial charge < -0.3 is 18.8 Å². The molecule has 0 atom stereocenters. The van der Waals surface area contributed by atoms with E-state index in [9.17, 15) is 9.90 Å². The van der Waals surface area contributed by atoms with Crippen LogP contribution in [0.25, 0.3) is 11.1 Å². The van der Waals surface area contributed by atoms with Gasteiger partial charge in [-0.15, -0.1) is 0 Å². The van der Waals surface area contributed by atoms with Crippen molar-refractivity contribution in [2.75, 3.05) is 0 Å². The van der Waals surface area contributed by atoms with Gasteiger partial charge in [-0.05, 0) is 5.56 Å². The molecule has 2 heterocycles. The molecule has 0 unspecified atom stereocenters. The van der Waals surface area contributed by atoms with Crippen LogP contribution in [0.5, 0.6) is 0 Å². The Hall–Kier alpha value is -2.53. The quantitative estimate of drug-likeness (QED) is 0.741. The molecule has 0 aliphatic rings. The molecule has 5 nitrogen and oxygen atoms in total. The van der Waals surface area contributed by atoms with E-state index < -0.39 is 5.97 Å². The van der Waals surface area contributed by atoms with Gasteiger partial charge in [-0.25, -0.2) is 4.79 Å². The molecule has 3 rings (SSSR count). The maximum absolute atomic E-state index is 12.1. The summed E-state index contributed by atoms with van der Waals surface area (Å²) in [6.45, 7) is -0.115. The van der Waals surface area contributed by atoms with Gasteiger partial charge in [0.1, 0.15) is 19.0 Å². The minimum Gasteiger partial charge on any atom is -0.463 e. The molecule has 1 N–H and O–H groups in total. The standard InChI is InChI=1S/C15H13NO4/c17-10-16-12-6-7-19-14(12)8-13(16)15(18)20-9-11-4-2-1-3-5-11/h1-8,17H,9-10H2. The lowest BCUT2D eigenvalue weighted by atomic mass is 10.2. The fourth-order valence-electron chi connectivity index (χ4n) is 2.10. The van der Waals surface area contributed by atoms with Crippen molar-refractivity contribution < 1.29 is 19.1 Å². The van der Waals surface area contributed by atoms with Crippen LogP contribution in [0.3, 0.4) is 0 Å². The van der Waals surface area contributed by atoms with Gasteiger partial charge in [-0.3, -0.25) is 0 Å². The number of rotatable bonds is 4. The highest BCUT2D eigenvalue weighted by Crippen LogP contribution is 2.21. The molecule has 0 radical (unpaired) electrons. The largest absolute Gasteiger partial charge is 0.463 e. The predicted octanol–water partition coefficient (Wildman–Crippen LogP) is 2.54. The number of aliphatic hydroxyl groups excluding tert-OH is 1. The van der Waals surface area contributed by atoms with Crippen molar-refractivity contribution in [3.8, 4) is 0 Å². The van der Waals surface area contributed by atoms with E-state index in [1.165, 1.54) is 10.8 Å². The van der Waals surface area contributed by atoms with Crippen molar-refractivity contribution in [3.63, 3.8) is 0 Å². The first kappa shape index (κ1) is 12.5. The Labute approximate surface area is 115 Å². The molecule has 1 aromatic carbocycles. The molecule has 3 aromatic rings. The summed E-state index contributed by atoms with van der Waals surface area (Å²) in [7, 11) is 0. The van der Waals surface area contributed by atoms with E-state index in [0.717, 1.165) is 5.56 Å². The number of aromatic nitrogens is 1. The smallest absolute Gasteiger partial charge is 0.355 e. The van der Waals surface area contributed by atoms with Crippen molar-refractivity contribution in [2.45, 2.75) is 13.3 Å². The SMILES string of the molecule is O=C(OCc1ccccc1)c1cc2occc2n1CO. The maximum Gasteiger partial charge on any atom is 0.355 e. The molecule has 0 aliphatic heterocycles. The second-order valence-corrected chi connectivity index (χ2v) is 4.33. The Balaban J connectivity index is 1.80. The Morgan fingerprint density at radius 2 is 2.05 bits per heavy atom. The second-order valence-electron chi connectivity index (χ2n) is 4.33. The molecule has 0 fully saturated rings. The molecular formula is C15H13NO4. The van der Waals surface area contributed by atoms with Crippen molar-refractivity contribution >= 4 is 17.1 Å². The summed E-state index contributed by atoms with van der Waals surface area (Å²) in [5.41, 5.74) is 2.40. The monoisotopic (exact) mass is 271 g/mol. The third-order valence-corrected chi connectivity index (χ3v) is 3.09. The van der Waals surface area contributed by atoms with Crippen LogP contribution in [0.4, 0.5) is 0 Å². The van der Waals surface area contributed by atoms with Crippen LogP contribution in [-0.2, 0) is 18.1 Å². The van der Waals surface area contributed by atoms with Crippen LogP contribution in [0.2, 0.25) is 0 Å². The number of hydrogen-bond donors (Lipinski definition) is 1. The van der Waals surface area contributed by atoms with E-state index in [4.69, 9.17) is 9.15 Å². The number of fused-ring (bicyclic) bond motifs is 1. The molecule has 0 amide bonds. The van der Waals surface area contributed by atoms with Crippen molar-refractivity contribution in [3.05, 3.63) is 60.0 Å². The van der Waals surface area contributed by atoms with Crippen LogP contribution < -0.4 is 0 Å². The van der Waals surface area contributed by atoms with Crippen molar-refractivity contribution in [1.82, 2.24) is 4.57 Å². The number of benzene rings is 1. The number of nitrogens with zero attached hydrogens (tertiary/aromatic N) is 1. The fraction of sp³-hybridized carbons (Fsp3) is 0.133. The second kappa shape index (κ2) is 5.22. The lowest BCUT2D eigenvalue weighted by Crippen LogP contribution is -2.12. The first-order valence-corrected chi connectivity index (χ1v) is 6.18. The van der Waals surface area contributed by atoms with Gasteiger partial charge in [0.15, 0.2) is 5.58 Å². The molecule has 20 heavy (non-hydrogen) atoms. The molecule has 0 saturated carbocycles. The average Bonchev–Trinajstić information content (AvgIpc) is 3.06. The minimum atomic E-state index is -0.491. The minimum absolute atomic E-state index is 0.192. The summed E-state index contributed by atoms with van der Waals surface area (Å²) >= 11 is 0. The highest BCUT2D eigenvalue weighted by atomic mass is 16.5. The maximum atomic E-state index is 12.1. The van der Waals surface area contributed by atoms with E-state index in [0.29, 0.717) is 11.1 Å². The summed E-state index contributed by atoms with van der Waals surface area (Å²) in [5, 5.41) is 9.37. The van der Waals surface area contributed by atoms with Gasteiger partial charge >= 0.3 is 5.97 Å². The third-order valence-electron chi connectivity index (χ3n) is 3.09. The van der Waals surface area contributed by atoms with E-state index in [1.807, 2.05) is 30.3 Å². The highest BCUT2D eigenvalue weighted by Gasteiger charge is 2.18. The molecule has 0 aliphatic carbocycles. The number of aliphatic hydroxyl groups is 1. The van der Waals surface area contributed by atoms with E-state index in [-0.39, 0.29) is 19.0 Å². The summed E-state index contributed by atoms with van der Waals surface area (Å²) < 4.78 is 11.9. The van der Waals surface area contributed by atoms with Crippen molar-refractivity contribution in [2.24, 2.45) is 0 Å². The molecular weight excluding hydrogens is 258 g/mol. The zero-order chi connectivity index (χ0) is 13.9. The Morgan fingerprint density at radius 3 is 2.80 bits per heavy atom. The molecule has 0 spiro atoms. The first-order valence-electron chi connectivity index (χ1n) is 6.18. The van der Waals surface area contributed by atoms with E-state index >= 15 is 0 Å². The Kier molecular flexibility index (Phi) is 3.26. The average molecular weight is 271 g/mol. The summed E-state index contributed by atoms with van der Waals surface area (Å²) in [6, 6.07) is 12.7. The molecule has 102 valence electrons. The van der Waals surface area contributed by atoms with Gasteiger partial charge in [0.25, 0.3) is 0 Å². The summed E-state index contributed by atoms with van der Waals surface area (Å²) in [6.07, 6.45) is 1.51. The third kappa shape index (κ3) is 2.19. The lowest BCUT2D eigenvalue weighted by molar-refractivity contribution is 0.0451. The number of furan rings is 1. The fourth-order valence-corrected chi connectivity index (χ4v) is 2.10. The van der Waals surface area contributed by atoms with Crippen LogP contribution in [0.1, 0.15) is 16.1 Å². The Morgan fingerprint density at radius 1 is 1.25 bits per heavy atom. The van der Waals surface area contributed by atoms with Crippen LogP contribution in [0, 0.1) is 0 Å². The van der Waals surface area contributed by atoms with Gasteiger partial charge in [0.2, 0.25) is 0 Å². The molecule has 0 saturated heterocycles. The number of ether oxygens (including phenoxy) is 1. The number of esters is 1. The van der Waals surface area contributed by atoms with Crippen LogP contribution in [0.15, 0.2) is 53.1 Å². The summed E-state index contributed by atoms with van der Waals surface area (Å²) in [5.74, 6) is -0.491. The van der Waals surface area contributed by atoms with Gasteiger partial charge in [0.05, 0.1) is 11.8 Å². The zero-order valence-electron chi connectivity index (χ0n) is 10.7.